The van der Waals surface area contributed by atoms with Gasteiger partial charge in [-0.1, -0.05) is 12.1 Å². The molecule has 1 aromatic rings. The number of alkyl halides is 2. The van der Waals surface area contributed by atoms with Crippen molar-refractivity contribution in [2.45, 2.75) is 38.2 Å². The van der Waals surface area contributed by atoms with E-state index in [4.69, 9.17) is 0 Å². The van der Waals surface area contributed by atoms with Gasteiger partial charge in [0, 0.05) is 57.5 Å². The SMILES string of the molecule is O=C(NCC1CCC(F)(F)CC1)N1CC2(CN(Cc3ccc(F)cc3)C2)C1. The van der Waals surface area contributed by atoms with Crippen LogP contribution in [0.4, 0.5) is 18.0 Å². The zero-order valence-electron chi connectivity index (χ0n) is 15.4. The number of hydrogen-bond donors (Lipinski definition) is 1. The molecule has 7 heteroatoms. The molecule has 3 fully saturated rings. The van der Waals surface area contributed by atoms with E-state index in [2.05, 4.69) is 10.2 Å². The van der Waals surface area contributed by atoms with Gasteiger partial charge in [0.2, 0.25) is 5.92 Å². The Hall–Kier alpha value is -1.76. The van der Waals surface area contributed by atoms with E-state index >= 15 is 0 Å². The molecule has 1 N–H and O–H groups in total. The first-order valence-corrected chi connectivity index (χ1v) is 9.70. The maximum atomic E-state index is 13.2. The van der Waals surface area contributed by atoms with Gasteiger partial charge in [0.05, 0.1) is 0 Å². The van der Waals surface area contributed by atoms with Crippen LogP contribution in [0.25, 0.3) is 0 Å². The Morgan fingerprint density at radius 1 is 1.07 bits per heavy atom. The van der Waals surface area contributed by atoms with Gasteiger partial charge in [-0.3, -0.25) is 4.90 Å². The summed E-state index contributed by atoms with van der Waals surface area (Å²) >= 11 is 0. The molecule has 0 bridgehead atoms. The molecule has 3 aliphatic rings. The van der Waals surface area contributed by atoms with E-state index in [9.17, 15) is 18.0 Å². The van der Waals surface area contributed by atoms with Gasteiger partial charge < -0.3 is 10.2 Å². The van der Waals surface area contributed by atoms with Crippen LogP contribution in [0.2, 0.25) is 0 Å². The summed E-state index contributed by atoms with van der Waals surface area (Å²) < 4.78 is 39.3. The summed E-state index contributed by atoms with van der Waals surface area (Å²) in [6, 6.07) is 6.50. The number of likely N-dealkylation sites (tertiary alicyclic amines) is 2. The highest BCUT2D eigenvalue weighted by molar-refractivity contribution is 5.75. The largest absolute Gasteiger partial charge is 0.338 e. The van der Waals surface area contributed by atoms with Gasteiger partial charge in [-0.15, -0.1) is 0 Å². The summed E-state index contributed by atoms with van der Waals surface area (Å²) in [6.07, 6.45) is 0.833. The maximum absolute atomic E-state index is 13.2. The lowest BCUT2D eigenvalue weighted by atomic mass is 9.73. The van der Waals surface area contributed by atoms with Gasteiger partial charge >= 0.3 is 6.03 Å². The third-order valence-corrected chi connectivity index (χ3v) is 6.16. The Balaban J connectivity index is 1.14. The predicted octanol–water partition coefficient (Wildman–Crippen LogP) is 3.48. The average molecular weight is 381 g/mol. The van der Waals surface area contributed by atoms with Crippen LogP contribution in [0.5, 0.6) is 0 Å². The maximum Gasteiger partial charge on any atom is 0.317 e. The monoisotopic (exact) mass is 381 g/mol. The lowest BCUT2D eigenvalue weighted by molar-refractivity contribution is -0.0984. The number of hydrogen-bond acceptors (Lipinski definition) is 2. The molecule has 0 unspecified atom stereocenters. The Morgan fingerprint density at radius 2 is 1.70 bits per heavy atom. The molecule has 1 spiro atoms. The minimum Gasteiger partial charge on any atom is -0.338 e. The van der Waals surface area contributed by atoms with E-state index in [1.807, 2.05) is 17.0 Å². The van der Waals surface area contributed by atoms with Gasteiger partial charge in [0.25, 0.3) is 0 Å². The standard InChI is InChI=1S/C20H26F3N3O/c21-17-3-1-16(2-4-17)10-25-11-19(12-25)13-26(14-19)18(27)24-9-15-5-7-20(22,23)8-6-15/h1-4,15H,5-14H2,(H,24,27). The Morgan fingerprint density at radius 3 is 2.33 bits per heavy atom. The zero-order valence-corrected chi connectivity index (χ0v) is 15.4. The number of carbonyl (C=O) groups excluding carboxylic acids is 1. The summed E-state index contributed by atoms with van der Waals surface area (Å²) in [5.74, 6) is -2.57. The second-order valence-corrected chi connectivity index (χ2v) is 8.61. The van der Waals surface area contributed by atoms with Crippen LogP contribution in [0.15, 0.2) is 24.3 Å². The molecule has 1 aliphatic carbocycles. The average Bonchev–Trinajstić information content (AvgIpc) is 2.56. The second-order valence-electron chi connectivity index (χ2n) is 8.61. The molecule has 2 saturated heterocycles. The molecule has 0 atom stereocenters. The van der Waals surface area contributed by atoms with Gasteiger partial charge in [-0.05, 0) is 36.5 Å². The molecule has 4 rings (SSSR count). The minimum atomic E-state index is -2.52. The van der Waals surface area contributed by atoms with Gasteiger partial charge in [-0.2, -0.15) is 0 Å². The van der Waals surface area contributed by atoms with Crippen LogP contribution in [0.3, 0.4) is 0 Å². The highest BCUT2D eigenvalue weighted by Crippen LogP contribution is 2.40. The van der Waals surface area contributed by atoms with Crippen LogP contribution >= 0.6 is 0 Å². The summed E-state index contributed by atoms with van der Waals surface area (Å²) in [5, 5.41) is 2.92. The predicted molar refractivity (Wildman–Crippen MR) is 96.0 cm³/mol. The third-order valence-electron chi connectivity index (χ3n) is 6.16. The molecule has 0 radical (unpaired) electrons. The van der Waals surface area contributed by atoms with E-state index in [0.29, 0.717) is 19.4 Å². The highest BCUT2D eigenvalue weighted by atomic mass is 19.3. The first-order chi connectivity index (χ1) is 12.8. The third kappa shape index (κ3) is 4.23. The number of benzene rings is 1. The molecular formula is C20H26F3N3O. The van der Waals surface area contributed by atoms with Crippen molar-refractivity contribution in [2.75, 3.05) is 32.7 Å². The topological polar surface area (TPSA) is 35.6 Å². The smallest absolute Gasteiger partial charge is 0.317 e. The molecule has 27 heavy (non-hydrogen) atoms. The number of rotatable bonds is 4. The van der Waals surface area contributed by atoms with E-state index in [0.717, 1.165) is 38.3 Å². The fourth-order valence-corrected chi connectivity index (χ4v) is 4.62. The van der Waals surface area contributed by atoms with E-state index in [1.165, 1.54) is 12.1 Å². The molecule has 148 valence electrons. The molecule has 2 amide bonds. The molecule has 2 aliphatic heterocycles. The lowest BCUT2D eigenvalue weighted by Crippen LogP contribution is -2.73. The van der Waals surface area contributed by atoms with E-state index in [1.54, 1.807) is 0 Å². The van der Waals surface area contributed by atoms with Crippen molar-refractivity contribution >= 4 is 6.03 Å². The number of halogens is 3. The highest BCUT2D eigenvalue weighted by Gasteiger charge is 2.52. The normalized spacial score (nSPS) is 24.3. The van der Waals surface area contributed by atoms with Crippen molar-refractivity contribution in [3.8, 4) is 0 Å². The Bertz CT molecular complexity index is 670. The van der Waals surface area contributed by atoms with Crippen LogP contribution in [-0.4, -0.2) is 54.5 Å². The molecule has 2 heterocycles. The number of nitrogens with one attached hydrogen (secondary N) is 1. The molecular weight excluding hydrogens is 355 g/mol. The molecule has 0 aromatic heterocycles. The summed E-state index contributed by atoms with van der Waals surface area (Å²) in [5.41, 5.74) is 1.29. The zero-order chi connectivity index (χ0) is 19.1. The van der Waals surface area contributed by atoms with Crippen LogP contribution in [0.1, 0.15) is 31.2 Å². The number of nitrogens with zero attached hydrogens (tertiary/aromatic N) is 2. The fraction of sp³-hybridized carbons (Fsp3) is 0.650. The van der Waals surface area contributed by atoms with Crippen molar-refractivity contribution < 1.29 is 18.0 Å². The Labute approximate surface area is 157 Å². The Kier molecular flexibility index (Phi) is 4.82. The van der Waals surface area contributed by atoms with Crippen LogP contribution < -0.4 is 5.32 Å². The lowest BCUT2D eigenvalue weighted by Gasteiger charge is -2.60. The number of amides is 2. The van der Waals surface area contributed by atoms with Crippen LogP contribution in [0, 0.1) is 17.2 Å². The first-order valence-electron chi connectivity index (χ1n) is 9.70. The van der Waals surface area contributed by atoms with Crippen molar-refractivity contribution in [3.05, 3.63) is 35.6 Å². The van der Waals surface area contributed by atoms with Crippen LogP contribution in [-0.2, 0) is 6.54 Å². The van der Waals surface area contributed by atoms with Crippen molar-refractivity contribution in [2.24, 2.45) is 11.3 Å². The summed E-state index contributed by atoms with van der Waals surface area (Å²) in [4.78, 5) is 16.4. The second kappa shape index (κ2) is 7.00. The van der Waals surface area contributed by atoms with Gasteiger partial charge in [0.1, 0.15) is 5.82 Å². The number of carbonyl (C=O) groups is 1. The molecule has 1 aromatic carbocycles. The van der Waals surface area contributed by atoms with Gasteiger partial charge in [0.15, 0.2) is 0 Å². The van der Waals surface area contributed by atoms with Crippen molar-refractivity contribution in [1.82, 2.24) is 15.1 Å². The van der Waals surface area contributed by atoms with Crippen molar-refractivity contribution in [1.29, 1.82) is 0 Å². The quantitative estimate of drug-likeness (QED) is 0.867. The summed E-state index contributed by atoms with van der Waals surface area (Å²) in [6.45, 7) is 4.70. The number of urea groups is 1. The summed E-state index contributed by atoms with van der Waals surface area (Å²) in [7, 11) is 0. The minimum absolute atomic E-state index is 0.0652. The fourth-order valence-electron chi connectivity index (χ4n) is 4.62. The van der Waals surface area contributed by atoms with E-state index < -0.39 is 5.92 Å². The molecule has 4 nitrogen and oxygen atoms in total. The van der Waals surface area contributed by atoms with E-state index in [-0.39, 0.29) is 36.0 Å². The van der Waals surface area contributed by atoms with Crippen molar-refractivity contribution in [3.63, 3.8) is 0 Å². The first kappa shape index (κ1) is 18.6. The van der Waals surface area contributed by atoms with Gasteiger partial charge in [-0.25, -0.2) is 18.0 Å². The molecule has 1 saturated carbocycles.